The summed E-state index contributed by atoms with van der Waals surface area (Å²) in [6.45, 7) is 13.8. The molecule has 115 heavy (non-hydrogen) atoms. The molecule has 2 atom stereocenters. The molecule has 6 N–H and O–H groups in total. The molecule has 0 aliphatic carbocycles. The molecule has 0 bridgehead atoms. The Morgan fingerprint density at radius 2 is 1.33 bits per heavy atom. The van der Waals surface area contributed by atoms with E-state index in [9.17, 15) is 62.4 Å². The van der Waals surface area contributed by atoms with E-state index in [-0.39, 0.29) is 59.1 Å². The van der Waals surface area contributed by atoms with Crippen molar-refractivity contribution in [3.05, 3.63) is 161 Å². The second-order valence-electron chi connectivity index (χ2n) is 28.7. The number of sulfonamides is 1. The van der Waals surface area contributed by atoms with Crippen LogP contribution in [0.5, 0.6) is 0 Å². The standard InChI is InChI=1S/C80H96ClF4N11O15S4/c1-53(2)95-54(3)76(113(4,102)103)74(75(95)55-12-14-57(81)15-13-55)56-46-58(82)48-63(47-56)94-37-35-93(36-38-94)62-19-16-59(17-20-62)91-115(106,107)66-21-23-69(71(50-66)114(104,105)80(83,84)85)89-61(52-112-65-10-6-5-7-11-65)26-32-92-33-27-64(28-34-92)111-45-44-110-43-42-109-41-40-108-39-31-86-29-8-9-30-87-73(98)51-88-60-18-22-67-68(49-60)79(101)96(78(67)100)70-24-25-72(97)90-77(70)99/h5-7,10-23,46-50,53,61,64,70,86,88-89,91H,8-9,24-45,51-52H2,1-4H3,(H,87,98)(H,90,97,99)/t61-,70?/m1/s1. The number of aromatic nitrogens is 1. The van der Waals surface area contributed by atoms with Crippen molar-refractivity contribution in [1.29, 1.82) is 0 Å². The molecule has 1 aromatic heterocycles. The monoisotopic (exact) mass is 1690 g/mol. The Bertz CT molecular complexity index is 4940. The first-order valence-electron chi connectivity index (χ1n) is 38.1. The van der Waals surface area contributed by atoms with Gasteiger partial charge in [-0.15, -0.1) is 11.8 Å². The molecule has 5 heterocycles. The zero-order valence-electron chi connectivity index (χ0n) is 64.3. The van der Waals surface area contributed by atoms with Crippen molar-refractivity contribution in [3.8, 4) is 22.4 Å². The number of fused-ring (bicyclic) bond motifs is 1. The number of thioether (sulfide) groups is 1. The summed E-state index contributed by atoms with van der Waals surface area (Å²) in [7, 11) is -14.6. The summed E-state index contributed by atoms with van der Waals surface area (Å²) >= 11 is 7.71. The maximum absolute atomic E-state index is 15.9. The summed E-state index contributed by atoms with van der Waals surface area (Å²) in [6.07, 6.45) is 4.58. The van der Waals surface area contributed by atoms with Crippen LogP contribution in [-0.4, -0.2) is 223 Å². The van der Waals surface area contributed by atoms with Gasteiger partial charge < -0.3 is 59.5 Å². The van der Waals surface area contributed by atoms with E-state index in [4.69, 9.17) is 30.5 Å². The highest BCUT2D eigenvalue weighted by Crippen LogP contribution is 2.45. The minimum Gasteiger partial charge on any atom is -0.380 e. The number of benzene rings is 6. The number of halogens is 5. The molecule has 1 unspecified atom stereocenters. The van der Waals surface area contributed by atoms with Crippen LogP contribution in [0, 0.1) is 12.7 Å². The summed E-state index contributed by atoms with van der Waals surface area (Å²) < 4.78 is 170. The number of rotatable bonds is 40. The fourth-order valence-electron chi connectivity index (χ4n) is 14.4. The first kappa shape index (κ1) is 87.2. The number of carbonyl (C=O) groups is 5. The van der Waals surface area contributed by atoms with Crippen molar-refractivity contribution in [2.75, 3.05) is 155 Å². The number of anilines is 5. The Kier molecular flexibility index (Phi) is 29.9. The van der Waals surface area contributed by atoms with Gasteiger partial charge >= 0.3 is 5.51 Å². The predicted octanol–water partition coefficient (Wildman–Crippen LogP) is 10.8. The molecular weight excluding hydrogens is 1590 g/mol. The number of sulfone groups is 2. The minimum absolute atomic E-state index is 0.0205. The molecule has 4 aliphatic rings. The molecular formula is C80H96ClF4N11O15S4. The first-order valence-corrected chi connectivity index (χ1v) is 44.3. The van der Waals surface area contributed by atoms with Crippen molar-refractivity contribution >= 4 is 111 Å². The van der Waals surface area contributed by atoms with Crippen molar-refractivity contribution in [2.24, 2.45) is 0 Å². The second-order valence-corrected chi connectivity index (χ2v) is 35.8. The predicted molar refractivity (Wildman–Crippen MR) is 434 cm³/mol. The summed E-state index contributed by atoms with van der Waals surface area (Å²) in [4.78, 5) is 68.7. The van der Waals surface area contributed by atoms with Crippen LogP contribution < -0.4 is 41.1 Å². The highest BCUT2D eigenvalue weighted by molar-refractivity contribution is 7.99. The van der Waals surface area contributed by atoms with Gasteiger partial charge in [-0.3, -0.25) is 38.9 Å². The molecule has 620 valence electrons. The maximum Gasteiger partial charge on any atom is 0.501 e. The molecule has 11 rings (SSSR count). The lowest BCUT2D eigenvalue weighted by molar-refractivity contribution is -0.136. The lowest BCUT2D eigenvalue weighted by Gasteiger charge is -2.37. The highest BCUT2D eigenvalue weighted by Gasteiger charge is 2.49. The van der Waals surface area contributed by atoms with Crippen LogP contribution in [0.25, 0.3) is 22.4 Å². The van der Waals surface area contributed by atoms with Gasteiger partial charge in [-0.2, -0.15) is 13.2 Å². The average Bonchev–Trinajstić information content (AvgIpc) is 1.61. The molecule has 7 aromatic rings. The van der Waals surface area contributed by atoms with Crippen LogP contribution >= 0.6 is 23.4 Å². The second kappa shape index (κ2) is 39.5. The summed E-state index contributed by atoms with van der Waals surface area (Å²) in [5.41, 5.74) is -1.57. The number of alkyl halides is 3. The highest BCUT2D eigenvalue weighted by atomic mass is 35.5. The summed E-state index contributed by atoms with van der Waals surface area (Å²) in [5, 5.41) is 14.9. The largest absolute Gasteiger partial charge is 0.501 e. The van der Waals surface area contributed by atoms with Crippen molar-refractivity contribution in [3.63, 3.8) is 0 Å². The topological polar surface area (TPSA) is 315 Å². The number of imide groups is 2. The number of nitrogens with one attached hydrogen (secondary N) is 6. The maximum atomic E-state index is 15.9. The molecule has 35 heteroatoms. The fraction of sp³-hybridized carbons (Fsp3) is 0.438. The Balaban J connectivity index is 0.577. The average molecular weight is 1690 g/mol. The molecule has 0 spiro atoms. The van der Waals surface area contributed by atoms with E-state index in [1.54, 1.807) is 55.5 Å². The van der Waals surface area contributed by atoms with Gasteiger partial charge in [0.05, 0.1) is 91.2 Å². The lowest BCUT2D eigenvalue weighted by Crippen LogP contribution is -2.54. The van der Waals surface area contributed by atoms with Crippen LogP contribution in [0.15, 0.2) is 153 Å². The molecule has 3 fully saturated rings. The van der Waals surface area contributed by atoms with Gasteiger partial charge in [0.2, 0.25) is 17.7 Å². The number of ether oxygens (including phenoxy) is 4. The number of carbonyl (C=O) groups excluding carboxylic acids is 5. The van der Waals surface area contributed by atoms with E-state index in [0.29, 0.717) is 174 Å². The lowest BCUT2D eigenvalue weighted by atomic mass is 9.99. The van der Waals surface area contributed by atoms with Crippen LogP contribution in [0.2, 0.25) is 5.02 Å². The normalized spacial score (nSPS) is 16.3. The number of nitrogens with zero attached hydrogens (tertiary/aromatic N) is 5. The number of piperidine rings is 2. The number of likely N-dealkylation sites (tertiary alicyclic amines) is 1. The van der Waals surface area contributed by atoms with Crippen LogP contribution in [0.3, 0.4) is 0 Å². The molecule has 5 amide bonds. The summed E-state index contributed by atoms with van der Waals surface area (Å²) in [6, 6.07) is 32.6. The molecule has 6 aromatic carbocycles. The zero-order valence-corrected chi connectivity index (χ0v) is 68.3. The van der Waals surface area contributed by atoms with Crippen LogP contribution in [0.4, 0.5) is 46.0 Å². The summed E-state index contributed by atoms with van der Waals surface area (Å²) in [5.74, 6) is -2.87. The van der Waals surface area contributed by atoms with E-state index in [1.807, 2.05) is 58.5 Å². The van der Waals surface area contributed by atoms with Gasteiger partial charge in [-0.25, -0.2) is 29.6 Å². The van der Waals surface area contributed by atoms with E-state index in [1.165, 1.54) is 48.2 Å². The van der Waals surface area contributed by atoms with Gasteiger partial charge in [0.1, 0.15) is 16.8 Å². The zero-order chi connectivity index (χ0) is 82.2. The molecule has 3 saturated heterocycles. The minimum atomic E-state index is -6.12. The Hall–Kier alpha value is -8.68. The number of hydrogen-bond acceptors (Lipinski definition) is 22. The Labute approximate surface area is 676 Å². The van der Waals surface area contributed by atoms with E-state index < -0.39 is 92.2 Å². The fourth-order valence-corrected chi connectivity index (χ4v) is 18.9. The quantitative estimate of drug-likeness (QED) is 0.00900. The molecule has 0 saturated carbocycles. The SMILES string of the molecule is Cc1c(S(C)(=O)=O)c(-c2cc(F)cc(N3CCN(c4ccc(NS(=O)(=O)c5ccc(N[C@H](CCN6CCC(OCCOCCOCCOCCNCCCCNC(=O)CNc7ccc8c(c7)C(=O)N(C7CCC(=O)NC7=O)C8=O)CC6)CSc6ccccc6)c(S(=O)(=O)C(F)(F)F)c5)cc4)CC3)c2)c(-c2ccc(Cl)cc2)n1C(C)C. The molecule has 0 radical (unpaired) electrons. The number of piperazine rings is 1. The number of unbranched alkanes of at least 4 members (excludes halogenated alkanes) is 1. The number of amides is 5. The van der Waals surface area contributed by atoms with Crippen LogP contribution in [-0.2, 0) is 63.0 Å². The molecule has 26 nitrogen and oxygen atoms in total. The Morgan fingerprint density at radius 1 is 0.687 bits per heavy atom. The van der Waals surface area contributed by atoms with Crippen LogP contribution in [0.1, 0.15) is 91.2 Å². The van der Waals surface area contributed by atoms with Gasteiger partial charge in [0.25, 0.3) is 31.7 Å². The van der Waals surface area contributed by atoms with Gasteiger partial charge in [-0.1, -0.05) is 41.9 Å². The van der Waals surface area contributed by atoms with Gasteiger partial charge in [-0.05, 0) is 180 Å². The van der Waals surface area contributed by atoms with E-state index in [2.05, 4.69) is 36.2 Å². The first-order chi connectivity index (χ1) is 54.9. The van der Waals surface area contributed by atoms with E-state index >= 15 is 4.39 Å². The van der Waals surface area contributed by atoms with Gasteiger partial charge in [0.15, 0.2) is 9.84 Å². The van der Waals surface area contributed by atoms with Crippen molar-refractivity contribution in [1.82, 2.24) is 30.3 Å². The third kappa shape index (κ3) is 22.7. The third-order valence-electron chi connectivity index (χ3n) is 20.2. The Morgan fingerprint density at radius 3 is 1.99 bits per heavy atom. The number of hydrogen-bond donors (Lipinski definition) is 6. The van der Waals surface area contributed by atoms with E-state index in [0.717, 1.165) is 60.4 Å². The molecule has 4 aliphatic heterocycles. The third-order valence-corrected chi connectivity index (χ3v) is 25.8. The van der Waals surface area contributed by atoms with Crippen molar-refractivity contribution < 1.29 is 85.7 Å². The van der Waals surface area contributed by atoms with Gasteiger partial charge in [0, 0.05) is 133 Å². The van der Waals surface area contributed by atoms with Crippen molar-refractivity contribution in [2.45, 2.75) is 115 Å². The smallest absolute Gasteiger partial charge is 0.380 e.